The van der Waals surface area contributed by atoms with Crippen molar-refractivity contribution < 1.29 is 27.6 Å². The fourth-order valence-electron chi connectivity index (χ4n) is 3.81. The molecule has 1 aromatic heterocycles. The number of hydrogen-bond donors (Lipinski definition) is 1. The minimum atomic E-state index is -4.48. The highest BCUT2D eigenvalue weighted by Crippen LogP contribution is 2.35. The number of aryl methyl sites for hydroxylation is 1. The van der Waals surface area contributed by atoms with E-state index in [0.29, 0.717) is 40.1 Å². The van der Waals surface area contributed by atoms with Crippen LogP contribution in [0.2, 0.25) is 0 Å². The van der Waals surface area contributed by atoms with Gasteiger partial charge in [0.25, 0.3) is 11.1 Å². The summed E-state index contributed by atoms with van der Waals surface area (Å²) in [5.74, 6) is -1.14. The van der Waals surface area contributed by atoms with Crippen molar-refractivity contribution in [1.29, 1.82) is 0 Å². The van der Waals surface area contributed by atoms with Crippen molar-refractivity contribution in [3.8, 4) is 5.69 Å². The SMILES string of the molecule is Cc1cc(/C=C2\SC(=O)N(CC(=O)Nc3ccc(Br)cc3)C2=O)c(C)n1-c1cccc(C(F)(F)F)c1. The van der Waals surface area contributed by atoms with Gasteiger partial charge in [-0.2, -0.15) is 13.2 Å². The van der Waals surface area contributed by atoms with Gasteiger partial charge in [0, 0.05) is 27.2 Å². The summed E-state index contributed by atoms with van der Waals surface area (Å²) >= 11 is 4.01. The van der Waals surface area contributed by atoms with E-state index >= 15 is 0 Å². The van der Waals surface area contributed by atoms with Crippen LogP contribution in [0, 0.1) is 13.8 Å². The molecule has 0 saturated carbocycles. The zero-order chi connectivity index (χ0) is 26.2. The lowest BCUT2D eigenvalue weighted by Gasteiger charge is -2.13. The molecule has 0 radical (unpaired) electrons. The van der Waals surface area contributed by atoms with Gasteiger partial charge in [-0.25, -0.2) is 0 Å². The smallest absolute Gasteiger partial charge is 0.325 e. The molecule has 36 heavy (non-hydrogen) atoms. The zero-order valence-electron chi connectivity index (χ0n) is 19.0. The number of amides is 3. The first kappa shape index (κ1) is 25.8. The summed E-state index contributed by atoms with van der Waals surface area (Å²) in [7, 11) is 0. The van der Waals surface area contributed by atoms with E-state index in [1.165, 1.54) is 12.1 Å². The van der Waals surface area contributed by atoms with Gasteiger partial charge in [-0.15, -0.1) is 0 Å². The maximum atomic E-state index is 13.2. The van der Waals surface area contributed by atoms with Crippen molar-refractivity contribution in [2.24, 2.45) is 0 Å². The van der Waals surface area contributed by atoms with Crippen LogP contribution in [0.3, 0.4) is 0 Å². The third-order valence-electron chi connectivity index (χ3n) is 5.49. The van der Waals surface area contributed by atoms with Crippen LogP contribution >= 0.6 is 27.7 Å². The lowest BCUT2D eigenvalue weighted by atomic mass is 10.2. The maximum Gasteiger partial charge on any atom is 0.416 e. The first-order valence-corrected chi connectivity index (χ1v) is 12.2. The number of thioether (sulfide) groups is 1. The minimum Gasteiger partial charge on any atom is -0.325 e. The Morgan fingerprint density at radius 1 is 1.08 bits per heavy atom. The van der Waals surface area contributed by atoms with Crippen LogP contribution in [0.25, 0.3) is 11.8 Å². The van der Waals surface area contributed by atoms with Gasteiger partial charge < -0.3 is 9.88 Å². The molecule has 11 heteroatoms. The third kappa shape index (κ3) is 5.41. The molecule has 3 amide bonds. The molecule has 1 aliphatic heterocycles. The fourth-order valence-corrected chi connectivity index (χ4v) is 4.90. The molecule has 1 fully saturated rings. The van der Waals surface area contributed by atoms with Crippen molar-refractivity contribution >= 4 is 56.5 Å². The molecule has 0 aliphatic carbocycles. The Morgan fingerprint density at radius 2 is 1.78 bits per heavy atom. The number of carbonyl (C=O) groups is 3. The maximum absolute atomic E-state index is 13.2. The summed E-state index contributed by atoms with van der Waals surface area (Å²) in [5, 5.41) is 2.06. The molecule has 3 aromatic rings. The summed E-state index contributed by atoms with van der Waals surface area (Å²) in [5.41, 5.74) is 1.93. The lowest BCUT2D eigenvalue weighted by Crippen LogP contribution is -2.36. The molecule has 4 rings (SSSR count). The van der Waals surface area contributed by atoms with Crippen molar-refractivity contribution in [3.05, 3.63) is 86.5 Å². The molecule has 1 aliphatic rings. The number of hydrogen-bond acceptors (Lipinski definition) is 4. The van der Waals surface area contributed by atoms with Gasteiger partial charge in [0.1, 0.15) is 6.54 Å². The van der Waals surface area contributed by atoms with E-state index in [0.717, 1.165) is 21.5 Å². The van der Waals surface area contributed by atoms with Gasteiger partial charge in [0.15, 0.2) is 0 Å². The summed E-state index contributed by atoms with van der Waals surface area (Å²) in [6, 6.07) is 13.5. The normalized spacial score (nSPS) is 15.2. The number of anilines is 1. The molecule has 2 aromatic carbocycles. The molecule has 1 N–H and O–H groups in total. The number of nitrogens with one attached hydrogen (secondary N) is 1. The number of rotatable bonds is 5. The van der Waals surface area contributed by atoms with Crippen molar-refractivity contribution in [2.45, 2.75) is 20.0 Å². The van der Waals surface area contributed by atoms with Gasteiger partial charge >= 0.3 is 6.18 Å². The molecular formula is C25H19BrF3N3O3S. The summed E-state index contributed by atoms with van der Waals surface area (Å²) in [6.07, 6.45) is -2.96. The first-order valence-electron chi connectivity index (χ1n) is 10.6. The van der Waals surface area contributed by atoms with Crippen LogP contribution in [0.1, 0.15) is 22.5 Å². The molecular weight excluding hydrogens is 559 g/mol. The summed E-state index contributed by atoms with van der Waals surface area (Å²) < 4.78 is 42.0. The third-order valence-corrected chi connectivity index (χ3v) is 6.93. The van der Waals surface area contributed by atoms with Crippen molar-refractivity contribution in [3.63, 3.8) is 0 Å². The van der Waals surface area contributed by atoms with Gasteiger partial charge in [-0.1, -0.05) is 22.0 Å². The molecule has 0 unspecified atom stereocenters. The van der Waals surface area contributed by atoms with E-state index in [1.54, 1.807) is 54.8 Å². The highest BCUT2D eigenvalue weighted by Gasteiger charge is 2.36. The largest absolute Gasteiger partial charge is 0.416 e. The van der Waals surface area contributed by atoms with Crippen molar-refractivity contribution in [1.82, 2.24) is 9.47 Å². The quantitative estimate of drug-likeness (QED) is 0.349. The average Bonchev–Trinajstić information content (AvgIpc) is 3.24. The molecule has 2 heterocycles. The number of alkyl halides is 3. The van der Waals surface area contributed by atoms with Crippen LogP contribution in [0.5, 0.6) is 0 Å². The minimum absolute atomic E-state index is 0.126. The molecule has 1 saturated heterocycles. The van der Waals surface area contributed by atoms with E-state index in [-0.39, 0.29) is 4.91 Å². The standard InChI is InChI=1S/C25H19BrF3N3O3S/c1-14-10-16(15(2)32(14)20-5-3-4-17(12-20)25(27,28)29)11-21-23(34)31(24(35)36-21)13-22(33)30-19-8-6-18(26)7-9-19/h3-12H,13H2,1-2H3,(H,30,33)/b21-11-. The Bertz CT molecular complexity index is 1400. The number of halogens is 4. The average molecular weight is 578 g/mol. The predicted molar refractivity (Wildman–Crippen MR) is 136 cm³/mol. The number of imide groups is 1. The van der Waals surface area contributed by atoms with Crippen molar-refractivity contribution in [2.75, 3.05) is 11.9 Å². The topological polar surface area (TPSA) is 71.4 Å². The van der Waals surface area contributed by atoms with Gasteiger partial charge in [0.05, 0.1) is 10.5 Å². The highest BCUT2D eigenvalue weighted by atomic mass is 79.9. The predicted octanol–water partition coefficient (Wildman–Crippen LogP) is 6.55. The van der Waals surface area contributed by atoms with E-state index in [9.17, 15) is 27.6 Å². The lowest BCUT2D eigenvalue weighted by molar-refractivity contribution is -0.137. The molecule has 186 valence electrons. The van der Waals surface area contributed by atoms with E-state index in [2.05, 4.69) is 21.2 Å². The molecule has 6 nitrogen and oxygen atoms in total. The van der Waals surface area contributed by atoms with Gasteiger partial charge in [0.2, 0.25) is 5.91 Å². The van der Waals surface area contributed by atoms with Crippen LogP contribution in [-0.4, -0.2) is 33.1 Å². The van der Waals surface area contributed by atoms with Crippen LogP contribution < -0.4 is 5.32 Å². The number of nitrogens with zero attached hydrogens (tertiary/aromatic N) is 2. The number of aromatic nitrogens is 1. The first-order chi connectivity index (χ1) is 16.9. The zero-order valence-corrected chi connectivity index (χ0v) is 21.4. The van der Waals surface area contributed by atoms with Gasteiger partial charge in [-0.05, 0) is 85.8 Å². The Morgan fingerprint density at radius 3 is 2.44 bits per heavy atom. The Hall–Kier alpha value is -3.31. The monoisotopic (exact) mass is 577 g/mol. The van der Waals surface area contributed by atoms with Crippen LogP contribution in [0.15, 0.2) is 64.0 Å². The second-order valence-electron chi connectivity index (χ2n) is 8.03. The van der Waals surface area contributed by atoms with Gasteiger partial charge in [-0.3, -0.25) is 19.3 Å². The highest BCUT2D eigenvalue weighted by molar-refractivity contribution is 9.10. The number of benzene rings is 2. The fraction of sp³-hybridized carbons (Fsp3) is 0.160. The Balaban J connectivity index is 1.55. The summed E-state index contributed by atoms with van der Waals surface area (Å²) in [6.45, 7) is 3.01. The Kier molecular flexibility index (Phi) is 7.14. The number of carbonyl (C=O) groups excluding carboxylic acids is 3. The van der Waals surface area contributed by atoms with E-state index < -0.39 is 35.3 Å². The van der Waals surface area contributed by atoms with Crippen LogP contribution in [0.4, 0.5) is 23.7 Å². The molecule has 0 spiro atoms. The molecule has 0 bridgehead atoms. The second-order valence-corrected chi connectivity index (χ2v) is 9.94. The Labute approximate surface area is 217 Å². The van der Waals surface area contributed by atoms with Crippen LogP contribution in [-0.2, 0) is 15.8 Å². The van der Waals surface area contributed by atoms with E-state index in [1.807, 2.05) is 0 Å². The second kappa shape index (κ2) is 9.98. The van der Waals surface area contributed by atoms with E-state index in [4.69, 9.17) is 0 Å². The molecule has 0 atom stereocenters. The summed E-state index contributed by atoms with van der Waals surface area (Å²) in [4.78, 5) is 38.7.